The van der Waals surface area contributed by atoms with Crippen LogP contribution in [0.1, 0.15) is 26.7 Å². The molecular weight excluding hydrogens is 380 g/mol. The van der Waals surface area contributed by atoms with E-state index >= 15 is 0 Å². The number of halogens is 1. The molecule has 1 unspecified atom stereocenters. The zero-order valence-electron chi connectivity index (χ0n) is 14.9. The van der Waals surface area contributed by atoms with Crippen LogP contribution in [-0.4, -0.2) is 60.9 Å². The zero-order chi connectivity index (χ0) is 17.8. The summed E-state index contributed by atoms with van der Waals surface area (Å²) in [5.74, 6) is 0. The van der Waals surface area contributed by atoms with Crippen LogP contribution >= 0.6 is 12.4 Å². The number of rotatable bonds is 6. The molecule has 1 saturated heterocycles. The Morgan fingerprint density at radius 1 is 1.24 bits per heavy atom. The minimum Gasteiger partial charge on any atom is -0.315 e. The predicted octanol–water partition coefficient (Wildman–Crippen LogP) is 1.98. The predicted molar refractivity (Wildman–Crippen MR) is 109 cm³/mol. The van der Waals surface area contributed by atoms with Crippen molar-refractivity contribution >= 4 is 38.9 Å². The molecule has 0 saturated carbocycles. The van der Waals surface area contributed by atoms with Gasteiger partial charge in [-0.3, -0.25) is 4.90 Å². The van der Waals surface area contributed by atoms with Crippen molar-refractivity contribution < 1.29 is 12.6 Å². The van der Waals surface area contributed by atoms with E-state index in [1.54, 1.807) is 29.6 Å². The molecule has 0 aromatic heterocycles. The van der Waals surface area contributed by atoms with Gasteiger partial charge >= 0.3 is 0 Å². The number of benzene rings is 1. The number of hydrogen-bond acceptors (Lipinski definition) is 5. The van der Waals surface area contributed by atoms with Gasteiger partial charge in [-0.25, -0.2) is 12.6 Å². The molecular formula is C17H29ClN2O3S2. The second-order valence-corrected chi connectivity index (χ2v) is 8.33. The van der Waals surface area contributed by atoms with E-state index in [-0.39, 0.29) is 17.7 Å². The molecule has 144 valence electrons. The number of sulfone groups is 1. The highest BCUT2D eigenvalue weighted by atomic mass is 35.5. The van der Waals surface area contributed by atoms with E-state index in [4.69, 9.17) is 0 Å². The fourth-order valence-electron chi connectivity index (χ4n) is 2.50. The first-order valence-electron chi connectivity index (χ1n) is 8.38. The molecule has 5 nitrogen and oxygen atoms in total. The van der Waals surface area contributed by atoms with Gasteiger partial charge in [-0.2, -0.15) is 0 Å². The Balaban J connectivity index is 0.000000504. The molecule has 0 amide bonds. The highest BCUT2D eigenvalue weighted by molar-refractivity contribution is 7.92. The first-order valence-corrected chi connectivity index (χ1v) is 10.7. The molecule has 1 aliphatic heterocycles. The Labute approximate surface area is 161 Å². The van der Waals surface area contributed by atoms with E-state index in [2.05, 4.69) is 24.1 Å². The Bertz CT molecular complexity index is 610. The lowest BCUT2D eigenvalue weighted by Crippen LogP contribution is -2.38. The van der Waals surface area contributed by atoms with Gasteiger partial charge in [0.15, 0.2) is 9.84 Å². The molecule has 1 aromatic rings. The third-order valence-electron chi connectivity index (χ3n) is 4.06. The number of hydrogen-bond donors (Lipinski definition) is 1. The highest BCUT2D eigenvalue weighted by Crippen LogP contribution is 2.20. The van der Waals surface area contributed by atoms with Crippen molar-refractivity contribution in [1.82, 2.24) is 10.2 Å². The summed E-state index contributed by atoms with van der Waals surface area (Å²) in [6.45, 7) is 8.54. The Hall–Kier alpha value is -0.730. The van der Waals surface area contributed by atoms with Gasteiger partial charge in [0.05, 0.1) is 21.4 Å². The lowest BCUT2D eigenvalue weighted by atomic mass is 10.2. The van der Waals surface area contributed by atoms with E-state index in [0.717, 1.165) is 39.0 Å². The van der Waals surface area contributed by atoms with Gasteiger partial charge in [0.1, 0.15) is 0 Å². The van der Waals surface area contributed by atoms with Crippen LogP contribution in [0.15, 0.2) is 35.2 Å². The standard InChI is InChI=1S/C11H15NO2S.C6H13NOS.ClH/c13-15(14,10-5-2-1-3-6-10)11-7-4-8-12-9-11;1-3-7(4-2)5-6-9-8;/h1-3,5-6,11-12H,4,7-9H2;6H,3-5H2,1-2H3;1H. The van der Waals surface area contributed by atoms with Crippen LogP contribution in [0.5, 0.6) is 0 Å². The highest BCUT2D eigenvalue weighted by Gasteiger charge is 2.28. The van der Waals surface area contributed by atoms with Crippen LogP contribution in [0, 0.1) is 0 Å². The number of piperidine rings is 1. The van der Waals surface area contributed by atoms with Crippen molar-refractivity contribution in [1.29, 1.82) is 0 Å². The molecule has 2 rings (SSSR count). The third-order valence-corrected chi connectivity index (χ3v) is 6.55. The molecule has 0 aliphatic carbocycles. The maximum absolute atomic E-state index is 12.1. The molecule has 1 aromatic carbocycles. The summed E-state index contributed by atoms with van der Waals surface area (Å²) in [7, 11) is -3.12. The molecule has 0 bridgehead atoms. The molecule has 0 radical (unpaired) electrons. The van der Waals surface area contributed by atoms with Crippen LogP contribution in [0.4, 0.5) is 0 Å². The van der Waals surface area contributed by atoms with Crippen LogP contribution in [0.25, 0.3) is 0 Å². The molecule has 25 heavy (non-hydrogen) atoms. The largest absolute Gasteiger partial charge is 0.315 e. The lowest BCUT2D eigenvalue weighted by molar-refractivity contribution is 0.351. The fraction of sp³-hybridized carbons (Fsp3) is 0.588. The zero-order valence-corrected chi connectivity index (χ0v) is 17.3. The first kappa shape index (κ1) is 24.3. The Morgan fingerprint density at radius 2 is 1.88 bits per heavy atom. The van der Waals surface area contributed by atoms with Gasteiger partial charge in [-0.05, 0) is 44.6 Å². The van der Waals surface area contributed by atoms with Crippen molar-refractivity contribution in [2.24, 2.45) is 0 Å². The van der Waals surface area contributed by atoms with E-state index in [1.807, 2.05) is 6.07 Å². The lowest BCUT2D eigenvalue weighted by Gasteiger charge is -2.22. The monoisotopic (exact) mass is 408 g/mol. The van der Waals surface area contributed by atoms with Crippen LogP contribution in [0.2, 0.25) is 0 Å². The quantitative estimate of drug-likeness (QED) is 0.729. The molecule has 1 aliphatic rings. The van der Waals surface area contributed by atoms with E-state index < -0.39 is 9.84 Å². The smallest absolute Gasteiger partial charge is 0.182 e. The van der Waals surface area contributed by atoms with Crippen LogP contribution in [-0.2, 0) is 21.1 Å². The minimum absolute atomic E-state index is 0. The van der Waals surface area contributed by atoms with Crippen molar-refractivity contribution in [2.75, 3.05) is 32.7 Å². The second-order valence-electron chi connectivity index (χ2n) is 5.58. The first-order chi connectivity index (χ1) is 11.6. The van der Waals surface area contributed by atoms with Gasteiger partial charge in [0.2, 0.25) is 0 Å². The maximum Gasteiger partial charge on any atom is 0.182 e. The Morgan fingerprint density at radius 3 is 2.36 bits per heavy atom. The molecule has 0 spiro atoms. The van der Waals surface area contributed by atoms with Crippen LogP contribution in [0.3, 0.4) is 0 Å². The number of nitrogens with one attached hydrogen (secondary N) is 1. The average molecular weight is 409 g/mol. The van der Waals surface area contributed by atoms with Gasteiger partial charge in [-0.1, -0.05) is 32.0 Å². The van der Waals surface area contributed by atoms with Gasteiger partial charge in [-0.15, -0.1) is 12.4 Å². The SMILES string of the molecule is CCN(CC)CC=S=O.Cl.O=S(=O)(c1ccccc1)C1CCCNC1. The molecule has 1 fully saturated rings. The third kappa shape index (κ3) is 8.46. The van der Waals surface area contributed by atoms with E-state index in [0.29, 0.717) is 22.7 Å². The molecule has 1 N–H and O–H groups in total. The minimum atomic E-state index is -3.12. The molecule has 1 heterocycles. The summed E-state index contributed by atoms with van der Waals surface area (Å²) in [5, 5.41) is 4.55. The summed E-state index contributed by atoms with van der Waals surface area (Å²) in [6.07, 6.45) is 1.71. The summed E-state index contributed by atoms with van der Waals surface area (Å²) in [5.41, 5.74) is 0. The fourth-order valence-corrected chi connectivity index (χ4v) is 4.51. The van der Waals surface area contributed by atoms with E-state index in [1.165, 1.54) is 0 Å². The normalized spacial score (nSPS) is 17.0. The Kier molecular flexibility index (Phi) is 13.1. The number of nitrogens with zero attached hydrogens (tertiary/aromatic N) is 1. The van der Waals surface area contributed by atoms with Crippen LogP contribution < -0.4 is 5.32 Å². The summed E-state index contributed by atoms with van der Waals surface area (Å²) in [4.78, 5) is 2.63. The summed E-state index contributed by atoms with van der Waals surface area (Å²) >= 11 is 0.544. The molecule has 8 heteroatoms. The van der Waals surface area contributed by atoms with Crippen molar-refractivity contribution in [2.45, 2.75) is 36.8 Å². The van der Waals surface area contributed by atoms with E-state index in [9.17, 15) is 12.6 Å². The van der Waals surface area contributed by atoms with Gasteiger partial charge in [0, 0.05) is 18.5 Å². The maximum atomic E-state index is 12.1. The van der Waals surface area contributed by atoms with Crippen molar-refractivity contribution in [3.63, 3.8) is 0 Å². The summed E-state index contributed by atoms with van der Waals surface area (Å²) < 4.78 is 34.2. The summed E-state index contributed by atoms with van der Waals surface area (Å²) in [6, 6.07) is 8.71. The second kappa shape index (κ2) is 13.5. The van der Waals surface area contributed by atoms with Crippen molar-refractivity contribution in [3.8, 4) is 0 Å². The molecule has 1 atom stereocenters. The van der Waals surface area contributed by atoms with Gasteiger partial charge in [0.25, 0.3) is 0 Å². The average Bonchev–Trinajstić information content (AvgIpc) is 2.65. The van der Waals surface area contributed by atoms with Crippen molar-refractivity contribution in [3.05, 3.63) is 30.3 Å². The topological polar surface area (TPSA) is 66.5 Å². The van der Waals surface area contributed by atoms with Gasteiger partial charge < -0.3 is 5.32 Å².